The minimum atomic E-state index is 0.135. The van der Waals surface area contributed by atoms with Gasteiger partial charge in [-0.3, -0.25) is 9.78 Å². The highest BCUT2D eigenvalue weighted by Gasteiger charge is 2.15. The van der Waals surface area contributed by atoms with Gasteiger partial charge in [-0.15, -0.1) is 0 Å². The monoisotopic (exact) mass is 276 g/mol. The molecule has 0 bridgehead atoms. The molecule has 1 fully saturated rings. The van der Waals surface area contributed by atoms with E-state index in [4.69, 9.17) is 0 Å². The van der Waals surface area contributed by atoms with Crippen LogP contribution >= 0.6 is 0 Å². The third-order valence-corrected chi connectivity index (χ3v) is 3.66. The van der Waals surface area contributed by atoms with E-state index in [2.05, 4.69) is 46.5 Å². The van der Waals surface area contributed by atoms with Gasteiger partial charge in [-0.05, 0) is 25.1 Å². The lowest BCUT2D eigenvalue weighted by molar-refractivity contribution is -0.120. The highest BCUT2D eigenvalue weighted by Crippen LogP contribution is 2.19. The van der Waals surface area contributed by atoms with Gasteiger partial charge in [-0.1, -0.05) is 13.8 Å². The molecule has 1 aliphatic heterocycles. The van der Waals surface area contributed by atoms with Gasteiger partial charge in [-0.25, -0.2) is 0 Å². The van der Waals surface area contributed by atoms with E-state index in [-0.39, 0.29) is 5.91 Å². The van der Waals surface area contributed by atoms with Crippen LogP contribution in [0, 0.1) is 0 Å². The van der Waals surface area contributed by atoms with Crippen LogP contribution in [0.15, 0.2) is 18.3 Å². The van der Waals surface area contributed by atoms with E-state index in [0.29, 0.717) is 19.0 Å². The minimum absolute atomic E-state index is 0.135. The number of rotatable bonds is 5. The summed E-state index contributed by atoms with van der Waals surface area (Å²) in [5.74, 6) is 0.135. The van der Waals surface area contributed by atoms with Crippen LogP contribution in [0.3, 0.4) is 0 Å². The van der Waals surface area contributed by atoms with Crippen molar-refractivity contribution in [2.45, 2.75) is 32.7 Å². The highest BCUT2D eigenvalue weighted by molar-refractivity contribution is 5.77. The summed E-state index contributed by atoms with van der Waals surface area (Å²) < 4.78 is 0. The zero-order chi connectivity index (χ0) is 14.4. The fraction of sp³-hybridized carbons (Fsp3) is 0.600. The van der Waals surface area contributed by atoms with E-state index in [1.54, 1.807) is 0 Å². The van der Waals surface area contributed by atoms with Crippen molar-refractivity contribution in [3.63, 3.8) is 0 Å². The zero-order valence-electron chi connectivity index (χ0n) is 12.4. The highest BCUT2D eigenvalue weighted by atomic mass is 16.1. The van der Waals surface area contributed by atoms with Gasteiger partial charge in [0.25, 0.3) is 0 Å². The molecule has 0 saturated carbocycles. The maximum Gasteiger partial charge on any atom is 0.221 e. The van der Waals surface area contributed by atoms with Crippen LogP contribution in [0.25, 0.3) is 0 Å². The molecule has 1 atom stereocenters. The molecule has 0 aromatic carbocycles. The van der Waals surface area contributed by atoms with Crippen molar-refractivity contribution in [2.75, 3.05) is 31.1 Å². The number of amides is 1. The SMILES string of the molecule is CCNC(CC)c1ccc(N2CCNC(=O)CC2)cn1. The number of pyridine rings is 1. The minimum Gasteiger partial charge on any atom is -0.368 e. The molecule has 2 N–H and O–H groups in total. The van der Waals surface area contributed by atoms with Crippen LogP contribution in [0.4, 0.5) is 5.69 Å². The normalized spacial score (nSPS) is 17.5. The predicted octanol–water partition coefficient (Wildman–Crippen LogP) is 1.47. The van der Waals surface area contributed by atoms with Gasteiger partial charge in [0.15, 0.2) is 0 Å². The van der Waals surface area contributed by atoms with E-state index in [1.807, 2.05) is 6.20 Å². The summed E-state index contributed by atoms with van der Waals surface area (Å²) in [4.78, 5) is 18.1. The second-order valence-electron chi connectivity index (χ2n) is 5.05. The first-order chi connectivity index (χ1) is 9.74. The molecular formula is C15H24N4O. The molecular weight excluding hydrogens is 252 g/mol. The van der Waals surface area contributed by atoms with E-state index in [0.717, 1.165) is 37.4 Å². The van der Waals surface area contributed by atoms with E-state index < -0.39 is 0 Å². The fourth-order valence-electron chi connectivity index (χ4n) is 2.52. The standard InChI is InChI=1S/C15H24N4O/c1-3-13(16-4-2)14-6-5-12(11-18-14)19-9-7-15(20)17-8-10-19/h5-6,11,13,16H,3-4,7-10H2,1-2H3,(H,17,20). The van der Waals surface area contributed by atoms with Crippen LogP contribution in [-0.4, -0.2) is 37.1 Å². The maximum absolute atomic E-state index is 11.4. The zero-order valence-corrected chi connectivity index (χ0v) is 12.4. The van der Waals surface area contributed by atoms with Crippen molar-refractivity contribution in [1.29, 1.82) is 0 Å². The van der Waals surface area contributed by atoms with Crippen LogP contribution in [0.5, 0.6) is 0 Å². The van der Waals surface area contributed by atoms with Crippen molar-refractivity contribution in [3.8, 4) is 0 Å². The van der Waals surface area contributed by atoms with Crippen molar-refractivity contribution >= 4 is 11.6 Å². The van der Waals surface area contributed by atoms with Crippen LogP contribution in [0.2, 0.25) is 0 Å². The quantitative estimate of drug-likeness (QED) is 0.855. The third-order valence-electron chi connectivity index (χ3n) is 3.66. The topological polar surface area (TPSA) is 57.3 Å². The van der Waals surface area contributed by atoms with Gasteiger partial charge in [0, 0.05) is 32.1 Å². The molecule has 1 saturated heterocycles. The Morgan fingerprint density at radius 3 is 2.90 bits per heavy atom. The molecule has 2 heterocycles. The van der Waals surface area contributed by atoms with Gasteiger partial charge in [0.1, 0.15) is 0 Å². The first kappa shape index (κ1) is 14.8. The molecule has 110 valence electrons. The number of nitrogens with one attached hydrogen (secondary N) is 2. The average molecular weight is 276 g/mol. The summed E-state index contributed by atoms with van der Waals surface area (Å²) in [5, 5.41) is 6.32. The van der Waals surface area contributed by atoms with Gasteiger partial charge >= 0.3 is 0 Å². The second kappa shape index (κ2) is 7.24. The van der Waals surface area contributed by atoms with Crippen LogP contribution in [0.1, 0.15) is 38.4 Å². The van der Waals surface area contributed by atoms with E-state index in [9.17, 15) is 4.79 Å². The number of nitrogens with zero attached hydrogens (tertiary/aromatic N) is 2. The summed E-state index contributed by atoms with van der Waals surface area (Å²) >= 11 is 0. The number of hydrogen-bond donors (Lipinski definition) is 2. The number of aromatic nitrogens is 1. The van der Waals surface area contributed by atoms with Crippen molar-refractivity contribution in [3.05, 3.63) is 24.0 Å². The molecule has 1 aromatic rings. The average Bonchev–Trinajstić information content (AvgIpc) is 2.70. The first-order valence-electron chi connectivity index (χ1n) is 7.45. The molecule has 1 amide bonds. The van der Waals surface area contributed by atoms with Gasteiger partial charge in [0.05, 0.1) is 17.6 Å². The number of hydrogen-bond acceptors (Lipinski definition) is 4. The Morgan fingerprint density at radius 1 is 1.40 bits per heavy atom. The summed E-state index contributed by atoms with van der Waals surface area (Å²) in [6.45, 7) is 7.53. The first-order valence-corrected chi connectivity index (χ1v) is 7.45. The smallest absolute Gasteiger partial charge is 0.221 e. The maximum atomic E-state index is 11.4. The molecule has 1 aliphatic rings. The molecule has 0 radical (unpaired) electrons. The fourth-order valence-corrected chi connectivity index (χ4v) is 2.52. The third kappa shape index (κ3) is 3.70. The Hall–Kier alpha value is -1.62. The Morgan fingerprint density at radius 2 is 2.25 bits per heavy atom. The largest absolute Gasteiger partial charge is 0.368 e. The van der Waals surface area contributed by atoms with Crippen LogP contribution in [-0.2, 0) is 4.79 Å². The number of anilines is 1. The molecule has 5 heteroatoms. The lowest BCUT2D eigenvalue weighted by Crippen LogP contribution is -2.28. The molecule has 2 rings (SSSR count). The molecule has 0 spiro atoms. The van der Waals surface area contributed by atoms with Gasteiger partial charge in [0.2, 0.25) is 5.91 Å². The lowest BCUT2D eigenvalue weighted by Gasteiger charge is -2.22. The van der Waals surface area contributed by atoms with Crippen molar-refractivity contribution < 1.29 is 4.79 Å². The van der Waals surface area contributed by atoms with Crippen LogP contribution < -0.4 is 15.5 Å². The molecule has 1 aromatic heterocycles. The Bertz CT molecular complexity index is 432. The second-order valence-corrected chi connectivity index (χ2v) is 5.05. The summed E-state index contributed by atoms with van der Waals surface area (Å²) in [6.07, 6.45) is 3.50. The van der Waals surface area contributed by atoms with Gasteiger partial charge in [-0.2, -0.15) is 0 Å². The molecule has 20 heavy (non-hydrogen) atoms. The Labute approximate surface area is 120 Å². The van der Waals surface area contributed by atoms with Crippen molar-refractivity contribution in [2.24, 2.45) is 0 Å². The van der Waals surface area contributed by atoms with Crippen molar-refractivity contribution in [1.82, 2.24) is 15.6 Å². The number of carbonyl (C=O) groups excluding carboxylic acids is 1. The van der Waals surface area contributed by atoms with E-state index in [1.165, 1.54) is 0 Å². The lowest BCUT2D eigenvalue weighted by atomic mass is 10.1. The Balaban J connectivity index is 2.05. The summed E-state index contributed by atoms with van der Waals surface area (Å²) in [7, 11) is 0. The predicted molar refractivity (Wildman–Crippen MR) is 80.8 cm³/mol. The summed E-state index contributed by atoms with van der Waals surface area (Å²) in [5.41, 5.74) is 2.18. The van der Waals surface area contributed by atoms with E-state index >= 15 is 0 Å². The Kier molecular flexibility index (Phi) is 5.35. The summed E-state index contributed by atoms with van der Waals surface area (Å²) in [6, 6.07) is 4.52. The number of carbonyl (C=O) groups is 1. The molecule has 5 nitrogen and oxygen atoms in total. The molecule has 0 aliphatic carbocycles. The molecule has 1 unspecified atom stereocenters. The van der Waals surface area contributed by atoms with Gasteiger partial charge < -0.3 is 15.5 Å².